The molecule has 0 aliphatic rings. The molecule has 0 radical (unpaired) electrons. The number of carbonyl (C=O) groups is 1. The van der Waals surface area contributed by atoms with Crippen LogP contribution in [0.25, 0.3) is 0 Å². The number of anilines is 2. The molecular formula is C18H13Cl2FN4O. The van der Waals surface area contributed by atoms with Gasteiger partial charge < -0.3 is 10.6 Å². The highest BCUT2D eigenvalue weighted by atomic mass is 35.5. The molecule has 3 aromatic rings. The Hall–Kier alpha value is -2.70. The Morgan fingerprint density at radius 1 is 1.08 bits per heavy atom. The first-order chi connectivity index (χ1) is 12.5. The quantitative estimate of drug-likeness (QED) is 0.668. The van der Waals surface area contributed by atoms with Gasteiger partial charge in [-0.1, -0.05) is 41.4 Å². The topological polar surface area (TPSA) is 66.9 Å². The highest BCUT2D eigenvalue weighted by molar-refractivity contribution is 6.43. The van der Waals surface area contributed by atoms with E-state index in [0.717, 1.165) is 5.56 Å². The predicted octanol–water partition coefficient (Wildman–Crippen LogP) is 4.60. The van der Waals surface area contributed by atoms with E-state index >= 15 is 0 Å². The maximum absolute atomic E-state index is 12.9. The fourth-order valence-corrected chi connectivity index (χ4v) is 2.49. The number of nitrogens with zero attached hydrogens (tertiary/aromatic N) is 2. The molecule has 0 saturated carbocycles. The molecule has 2 aromatic carbocycles. The van der Waals surface area contributed by atoms with Crippen molar-refractivity contribution < 1.29 is 9.18 Å². The molecule has 3 rings (SSSR count). The van der Waals surface area contributed by atoms with Crippen LogP contribution in [-0.4, -0.2) is 15.9 Å². The molecule has 0 aliphatic heterocycles. The molecule has 5 nitrogen and oxygen atoms in total. The van der Waals surface area contributed by atoms with Crippen molar-refractivity contribution >= 4 is 40.7 Å². The van der Waals surface area contributed by atoms with Crippen molar-refractivity contribution in [2.24, 2.45) is 0 Å². The zero-order valence-corrected chi connectivity index (χ0v) is 14.9. The van der Waals surface area contributed by atoms with Crippen LogP contribution in [0.1, 0.15) is 16.1 Å². The molecule has 0 bridgehead atoms. The smallest absolute Gasteiger partial charge is 0.270 e. The van der Waals surface area contributed by atoms with Gasteiger partial charge in [0.15, 0.2) is 0 Å². The monoisotopic (exact) mass is 390 g/mol. The Balaban J connectivity index is 1.69. The first kappa shape index (κ1) is 18.1. The van der Waals surface area contributed by atoms with Gasteiger partial charge in [0, 0.05) is 12.7 Å². The summed E-state index contributed by atoms with van der Waals surface area (Å²) in [5.74, 6) is -0.494. The largest absolute Gasteiger partial charge is 0.347 e. The molecule has 8 heteroatoms. The Labute approximate surface area is 159 Å². The maximum atomic E-state index is 12.9. The fraction of sp³-hybridized carbons (Fsp3) is 0.0556. The molecule has 2 N–H and O–H groups in total. The van der Waals surface area contributed by atoms with E-state index in [9.17, 15) is 9.18 Å². The molecule has 132 valence electrons. The third-order valence-corrected chi connectivity index (χ3v) is 4.27. The second-order valence-electron chi connectivity index (χ2n) is 5.30. The second-order valence-corrected chi connectivity index (χ2v) is 6.09. The van der Waals surface area contributed by atoms with Gasteiger partial charge in [-0.05, 0) is 35.9 Å². The maximum Gasteiger partial charge on any atom is 0.270 e. The normalized spacial score (nSPS) is 10.4. The summed E-state index contributed by atoms with van der Waals surface area (Å²) in [4.78, 5) is 20.5. The number of rotatable bonds is 5. The summed E-state index contributed by atoms with van der Waals surface area (Å²) < 4.78 is 12.9. The number of amides is 1. The lowest BCUT2D eigenvalue weighted by Crippen LogP contribution is -2.24. The Morgan fingerprint density at radius 2 is 1.85 bits per heavy atom. The van der Waals surface area contributed by atoms with Crippen LogP contribution in [0.4, 0.5) is 16.0 Å². The number of hydrogen-bond donors (Lipinski definition) is 2. The lowest BCUT2D eigenvalue weighted by atomic mass is 10.2. The summed E-state index contributed by atoms with van der Waals surface area (Å²) in [6.45, 7) is 0.256. The zero-order valence-electron chi connectivity index (χ0n) is 13.3. The van der Waals surface area contributed by atoms with Gasteiger partial charge in [-0.15, -0.1) is 0 Å². The number of aromatic nitrogens is 2. The van der Waals surface area contributed by atoms with E-state index in [1.165, 1.54) is 24.4 Å². The van der Waals surface area contributed by atoms with Crippen LogP contribution in [0.2, 0.25) is 10.0 Å². The average Bonchev–Trinajstić information content (AvgIpc) is 2.65. The molecule has 1 aromatic heterocycles. The van der Waals surface area contributed by atoms with E-state index < -0.39 is 0 Å². The summed E-state index contributed by atoms with van der Waals surface area (Å²) in [6, 6.07) is 12.5. The van der Waals surface area contributed by atoms with Crippen LogP contribution in [-0.2, 0) is 6.54 Å². The van der Waals surface area contributed by atoms with Crippen molar-refractivity contribution in [1.29, 1.82) is 0 Å². The standard InChI is InChI=1S/C18H13Cl2FN4O/c19-13-2-1-3-14(16(13)20)24-18-22-9-8-15(25-18)17(26)23-10-11-4-6-12(21)7-5-11/h1-9H,10H2,(H,23,26)(H,22,24,25). The van der Waals surface area contributed by atoms with Gasteiger partial charge in [-0.3, -0.25) is 4.79 Å². The molecular weight excluding hydrogens is 378 g/mol. The van der Waals surface area contributed by atoms with Crippen LogP contribution in [0.3, 0.4) is 0 Å². The van der Waals surface area contributed by atoms with Crippen LogP contribution >= 0.6 is 23.2 Å². The van der Waals surface area contributed by atoms with Crippen LogP contribution < -0.4 is 10.6 Å². The molecule has 0 spiro atoms. The van der Waals surface area contributed by atoms with Gasteiger partial charge in [0.2, 0.25) is 5.95 Å². The summed E-state index contributed by atoms with van der Waals surface area (Å²) >= 11 is 12.1. The predicted molar refractivity (Wildman–Crippen MR) is 99.3 cm³/mol. The van der Waals surface area contributed by atoms with Crippen molar-refractivity contribution in [3.05, 3.63) is 81.8 Å². The average molecular weight is 391 g/mol. The third-order valence-electron chi connectivity index (χ3n) is 3.45. The van der Waals surface area contributed by atoms with E-state index in [-0.39, 0.29) is 29.9 Å². The van der Waals surface area contributed by atoms with Crippen molar-refractivity contribution in [3.8, 4) is 0 Å². The molecule has 0 unspecified atom stereocenters. The van der Waals surface area contributed by atoms with Crippen LogP contribution in [0.15, 0.2) is 54.7 Å². The molecule has 1 heterocycles. The number of hydrogen-bond acceptors (Lipinski definition) is 4. The molecule has 26 heavy (non-hydrogen) atoms. The lowest BCUT2D eigenvalue weighted by Gasteiger charge is -2.09. The Morgan fingerprint density at radius 3 is 2.62 bits per heavy atom. The van der Waals surface area contributed by atoms with Crippen molar-refractivity contribution in [2.75, 3.05) is 5.32 Å². The van der Waals surface area contributed by atoms with Crippen molar-refractivity contribution in [3.63, 3.8) is 0 Å². The van der Waals surface area contributed by atoms with Gasteiger partial charge in [-0.25, -0.2) is 14.4 Å². The van der Waals surface area contributed by atoms with E-state index in [4.69, 9.17) is 23.2 Å². The van der Waals surface area contributed by atoms with Crippen molar-refractivity contribution in [2.45, 2.75) is 6.54 Å². The van der Waals surface area contributed by atoms with Gasteiger partial charge in [0.05, 0.1) is 15.7 Å². The first-order valence-electron chi connectivity index (χ1n) is 7.59. The van der Waals surface area contributed by atoms with Crippen LogP contribution in [0, 0.1) is 5.82 Å². The SMILES string of the molecule is O=C(NCc1ccc(F)cc1)c1ccnc(Nc2cccc(Cl)c2Cl)n1. The summed E-state index contributed by atoms with van der Waals surface area (Å²) in [5, 5.41) is 6.38. The number of carbonyl (C=O) groups excluding carboxylic acids is 1. The summed E-state index contributed by atoms with van der Waals surface area (Å²) in [7, 11) is 0. The Kier molecular flexibility index (Phi) is 5.65. The zero-order chi connectivity index (χ0) is 18.5. The third kappa shape index (κ3) is 4.47. The minimum absolute atomic E-state index is 0.183. The van der Waals surface area contributed by atoms with E-state index in [0.29, 0.717) is 15.7 Å². The number of halogens is 3. The van der Waals surface area contributed by atoms with E-state index in [1.54, 1.807) is 30.3 Å². The van der Waals surface area contributed by atoms with Gasteiger partial charge in [-0.2, -0.15) is 0 Å². The second kappa shape index (κ2) is 8.12. The van der Waals surface area contributed by atoms with Gasteiger partial charge >= 0.3 is 0 Å². The molecule has 0 fully saturated rings. The fourth-order valence-electron chi connectivity index (χ4n) is 2.14. The minimum Gasteiger partial charge on any atom is -0.347 e. The lowest BCUT2D eigenvalue weighted by molar-refractivity contribution is 0.0946. The molecule has 0 saturated heterocycles. The summed E-state index contributed by atoms with van der Waals surface area (Å²) in [5.41, 5.74) is 1.49. The minimum atomic E-state index is -0.378. The highest BCUT2D eigenvalue weighted by Crippen LogP contribution is 2.30. The van der Waals surface area contributed by atoms with Crippen molar-refractivity contribution in [1.82, 2.24) is 15.3 Å². The molecule has 1 amide bonds. The Bertz CT molecular complexity index is 935. The highest BCUT2D eigenvalue weighted by Gasteiger charge is 2.10. The van der Waals surface area contributed by atoms with E-state index in [1.807, 2.05) is 0 Å². The first-order valence-corrected chi connectivity index (χ1v) is 8.35. The number of nitrogens with one attached hydrogen (secondary N) is 2. The molecule has 0 aliphatic carbocycles. The van der Waals surface area contributed by atoms with Gasteiger partial charge in [0.1, 0.15) is 11.5 Å². The van der Waals surface area contributed by atoms with Crippen LogP contribution in [0.5, 0.6) is 0 Å². The van der Waals surface area contributed by atoms with Gasteiger partial charge in [0.25, 0.3) is 5.91 Å². The molecule has 0 atom stereocenters. The van der Waals surface area contributed by atoms with E-state index in [2.05, 4.69) is 20.6 Å². The number of benzene rings is 2. The summed E-state index contributed by atoms with van der Waals surface area (Å²) in [6.07, 6.45) is 1.46.